The molecule has 0 aromatic carbocycles. The number of hydrogen-bond acceptors (Lipinski definition) is 5. The maximum absolute atomic E-state index is 11.4. The number of methoxy groups -OCH3 is 1. The number of carbonyl (C=O) groups excluding carboxylic acids is 1. The van der Waals surface area contributed by atoms with E-state index in [-0.39, 0.29) is 24.0 Å². The van der Waals surface area contributed by atoms with Gasteiger partial charge in [0.2, 0.25) is 0 Å². The van der Waals surface area contributed by atoms with Gasteiger partial charge in [0.1, 0.15) is 5.01 Å². The number of carbonyl (C=O) groups is 1. The largest absolute Gasteiger partial charge is 0.469 e. The van der Waals surface area contributed by atoms with Crippen LogP contribution >= 0.6 is 11.3 Å². The first kappa shape index (κ1) is 14.1. The summed E-state index contributed by atoms with van der Waals surface area (Å²) in [5.74, 6) is -0.340. The first-order valence-electron chi connectivity index (χ1n) is 5.83. The first-order valence-corrected chi connectivity index (χ1v) is 6.71. The lowest BCUT2D eigenvalue weighted by Gasteiger charge is -2.24. The summed E-state index contributed by atoms with van der Waals surface area (Å²) >= 11 is 1.63. The van der Waals surface area contributed by atoms with E-state index in [0.717, 1.165) is 11.4 Å². The fraction of sp³-hybridized carbons (Fsp3) is 0.667. The molecule has 0 amide bonds. The molecular formula is C12H20N2O2S. The monoisotopic (exact) mass is 256 g/mol. The van der Waals surface area contributed by atoms with Gasteiger partial charge in [-0.15, -0.1) is 11.3 Å². The van der Waals surface area contributed by atoms with Crippen molar-refractivity contribution in [3.63, 3.8) is 0 Å². The van der Waals surface area contributed by atoms with Crippen LogP contribution in [0.2, 0.25) is 0 Å². The van der Waals surface area contributed by atoms with Crippen molar-refractivity contribution >= 4 is 17.3 Å². The van der Waals surface area contributed by atoms with Gasteiger partial charge in [-0.25, -0.2) is 4.98 Å². The predicted octanol–water partition coefficient (Wildman–Crippen LogP) is 2.38. The second-order valence-corrected chi connectivity index (χ2v) is 5.02. The molecular weight excluding hydrogens is 236 g/mol. The van der Waals surface area contributed by atoms with Crippen LogP contribution in [-0.4, -0.2) is 24.1 Å². The van der Waals surface area contributed by atoms with Crippen LogP contribution in [0.15, 0.2) is 11.6 Å². The van der Waals surface area contributed by atoms with Gasteiger partial charge in [-0.2, -0.15) is 0 Å². The molecule has 1 aromatic rings. The summed E-state index contributed by atoms with van der Waals surface area (Å²) in [5, 5.41) is 6.46. The van der Waals surface area contributed by atoms with Crippen LogP contribution in [0.25, 0.3) is 0 Å². The van der Waals surface area contributed by atoms with Crippen molar-refractivity contribution in [1.82, 2.24) is 10.3 Å². The third kappa shape index (κ3) is 3.78. The maximum Gasteiger partial charge on any atom is 0.309 e. The lowest BCUT2D eigenvalue weighted by Crippen LogP contribution is -2.38. The number of ether oxygens (including phenoxy) is 1. The lowest BCUT2D eigenvalue weighted by molar-refractivity contribution is -0.145. The molecule has 0 fully saturated rings. The van der Waals surface area contributed by atoms with Crippen molar-refractivity contribution in [1.29, 1.82) is 0 Å². The second kappa shape index (κ2) is 6.71. The summed E-state index contributed by atoms with van der Waals surface area (Å²) in [5.41, 5.74) is 0. The summed E-state index contributed by atoms with van der Waals surface area (Å²) in [7, 11) is 1.42. The SMILES string of the molecule is CCC(NC(C)C(C)C(=O)OC)c1nccs1. The van der Waals surface area contributed by atoms with Gasteiger partial charge in [0.15, 0.2) is 0 Å². The standard InChI is InChI=1S/C12H20N2O2S/c1-5-10(11-13-6-7-17-11)14-9(3)8(2)12(15)16-4/h6-10,14H,5H2,1-4H3. The zero-order chi connectivity index (χ0) is 12.8. The highest BCUT2D eigenvalue weighted by molar-refractivity contribution is 7.09. The van der Waals surface area contributed by atoms with E-state index in [9.17, 15) is 4.79 Å². The number of aromatic nitrogens is 1. The van der Waals surface area contributed by atoms with Crippen molar-refractivity contribution in [3.05, 3.63) is 16.6 Å². The van der Waals surface area contributed by atoms with Gasteiger partial charge in [-0.1, -0.05) is 13.8 Å². The minimum atomic E-state index is -0.181. The smallest absolute Gasteiger partial charge is 0.309 e. The molecule has 96 valence electrons. The molecule has 0 saturated carbocycles. The summed E-state index contributed by atoms with van der Waals surface area (Å²) < 4.78 is 4.75. The van der Waals surface area contributed by atoms with E-state index in [2.05, 4.69) is 17.2 Å². The molecule has 0 saturated heterocycles. The molecule has 0 radical (unpaired) electrons. The van der Waals surface area contributed by atoms with Crippen LogP contribution in [0.3, 0.4) is 0 Å². The molecule has 1 N–H and O–H groups in total. The van der Waals surface area contributed by atoms with Crippen LogP contribution in [0.1, 0.15) is 38.2 Å². The number of hydrogen-bond donors (Lipinski definition) is 1. The third-order valence-electron chi connectivity index (χ3n) is 2.94. The van der Waals surface area contributed by atoms with Crippen LogP contribution in [0.4, 0.5) is 0 Å². The Morgan fingerprint density at radius 1 is 1.59 bits per heavy atom. The Kier molecular flexibility index (Phi) is 5.58. The molecule has 0 aliphatic heterocycles. The number of nitrogens with one attached hydrogen (secondary N) is 1. The normalized spacial score (nSPS) is 16.2. The minimum absolute atomic E-state index is 0.0660. The van der Waals surface area contributed by atoms with Crippen molar-refractivity contribution in [3.8, 4) is 0 Å². The Hall–Kier alpha value is -0.940. The Balaban J connectivity index is 2.60. The van der Waals surface area contributed by atoms with Gasteiger partial charge in [-0.05, 0) is 13.3 Å². The number of thiazole rings is 1. The van der Waals surface area contributed by atoms with Crippen LogP contribution in [0, 0.1) is 5.92 Å². The fourth-order valence-corrected chi connectivity index (χ4v) is 2.40. The Labute approximate surface area is 106 Å². The molecule has 3 unspecified atom stereocenters. The molecule has 0 aliphatic rings. The molecule has 5 heteroatoms. The molecule has 1 aromatic heterocycles. The van der Waals surface area contributed by atoms with Crippen molar-refractivity contribution in [2.45, 2.75) is 39.3 Å². The molecule has 17 heavy (non-hydrogen) atoms. The van der Waals surface area contributed by atoms with Crippen LogP contribution in [-0.2, 0) is 9.53 Å². The number of esters is 1. The Morgan fingerprint density at radius 2 is 2.29 bits per heavy atom. The van der Waals surface area contributed by atoms with Gasteiger partial charge < -0.3 is 10.1 Å². The molecule has 1 heterocycles. The van der Waals surface area contributed by atoms with E-state index < -0.39 is 0 Å². The zero-order valence-electron chi connectivity index (χ0n) is 10.8. The average Bonchev–Trinajstić information content (AvgIpc) is 2.87. The molecule has 0 aliphatic carbocycles. The van der Waals surface area contributed by atoms with Crippen molar-refractivity contribution in [2.75, 3.05) is 7.11 Å². The summed E-state index contributed by atoms with van der Waals surface area (Å²) in [6.07, 6.45) is 2.75. The van der Waals surface area contributed by atoms with E-state index >= 15 is 0 Å². The first-order chi connectivity index (χ1) is 8.10. The van der Waals surface area contributed by atoms with Gasteiger partial charge in [0.05, 0.1) is 19.1 Å². The fourth-order valence-electron chi connectivity index (χ4n) is 1.62. The van der Waals surface area contributed by atoms with E-state index in [1.807, 2.05) is 19.2 Å². The Morgan fingerprint density at radius 3 is 2.76 bits per heavy atom. The van der Waals surface area contributed by atoms with Gasteiger partial charge in [0, 0.05) is 17.6 Å². The molecule has 4 nitrogen and oxygen atoms in total. The van der Waals surface area contributed by atoms with Crippen molar-refractivity contribution < 1.29 is 9.53 Å². The number of nitrogens with zero attached hydrogens (tertiary/aromatic N) is 1. The Bertz CT molecular complexity index is 340. The summed E-state index contributed by atoms with van der Waals surface area (Å²) in [4.78, 5) is 15.7. The van der Waals surface area contributed by atoms with E-state index in [1.165, 1.54) is 7.11 Å². The summed E-state index contributed by atoms with van der Waals surface area (Å²) in [6, 6.07) is 0.272. The molecule has 1 rings (SSSR count). The maximum atomic E-state index is 11.4. The second-order valence-electron chi connectivity index (χ2n) is 4.10. The average molecular weight is 256 g/mol. The lowest BCUT2D eigenvalue weighted by atomic mass is 10.0. The van der Waals surface area contributed by atoms with Crippen LogP contribution < -0.4 is 5.32 Å². The van der Waals surface area contributed by atoms with Crippen molar-refractivity contribution in [2.24, 2.45) is 5.92 Å². The highest BCUT2D eigenvalue weighted by Crippen LogP contribution is 2.20. The third-order valence-corrected chi connectivity index (χ3v) is 3.83. The summed E-state index contributed by atoms with van der Waals surface area (Å²) in [6.45, 7) is 5.98. The highest BCUT2D eigenvalue weighted by Gasteiger charge is 2.24. The van der Waals surface area contributed by atoms with Gasteiger partial charge in [-0.3, -0.25) is 4.79 Å². The zero-order valence-corrected chi connectivity index (χ0v) is 11.6. The minimum Gasteiger partial charge on any atom is -0.469 e. The topological polar surface area (TPSA) is 51.2 Å². The highest BCUT2D eigenvalue weighted by atomic mass is 32.1. The van der Waals surface area contributed by atoms with E-state index in [0.29, 0.717) is 0 Å². The number of rotatable bonds is 6. The molecule has 0 bridgehead atoms. The molecule has 3 atom stereocenters. The van der Waals surface area contributed by atoms with Gasteiger partial charge in [0.25, 0.3) is 0 Å². The van der Waals surface area contributed by atoms with E-state index in [1.54, 1.807) is 17.5 Å². The van der Waals surface area contributed by atoms with Gasteiger partial charge >= 0.3 is 5.97 Å². The van der Waals surface area contributed by atoms with E-state index in [4.69, 9.17) is 4.74 Å². The van der Waals surface area contributed by atoms with Crippen LogP contribution in [0.5, 0.6) is 0 Å². The predicted molar refractivity (Wildman–Crippen MR) is 68.9 cm³/mol. The quantitative estimate of drug-likeness (QED) is 0.794. The molecule has 0 spiro atoms.